The molecule has 17 heteroatoms. The van der Waals surface area contributed by atoms with Crippen molar-refractivity contribution in [2.45, 2.75) is 0 Å². The molecule has 0 spiro atoms. The molecule has 0 saturated carbocycles. The molecule has 104 valence electrons. The predicted octanol–water partition coefficient (Wildman–Crippen LogP) is 10.9. The van der Waals surface area contributed by atoms with Crippen LogP contribution < -0.4 is 0 Å². The molecule has 0 rings (SSSR count). The first kappa shape index (κ1) is 21.0. The number of hydrogen-bond acceptors (Lipinski definition) is 3. The molecule has 0 aromatic carbocycles. The Morgan fingerprint density at radius 1 is 0.529 bits per heavy atom. The third-order valence-electron chi connectivity index (χ3n) is 0.646. The molecule has 0 bridgehead atoms. The molecular weight excluding hydrogens is 520 g/mol. The monoisotopic (exact) mass is 516 g/mol. The van der Waals surface area contributed by atoms with Crippen LogP contribution in [0.4, 0.5) is 0 Å². The molecule has 0 aromatic heterocycles. The van der Waals surface area contributed by atoms with Gasteiger partial charge >= 0.3 is 7.07 Å². The molecule has 0 aliphatic rings. The van der Waals surface area contributed by atoms with E-state index in [9.17, 15) is 0 Å². The molecule has 0 atom stereocenters. The highest BCUT2D eigenvalue weighted by Crippen LogP contribution is 2.89. The van der Waals surface area contributed by atoms with Gasteiger partial charge in [0.05, 0.1) is 0 Å². The number of halogens is 10. The molecule has 0 fully saturated rings. The van der Waals surface area contributed by atoms with Gasteiger partial charge in [0, 0.05) is 0 Å². The van der Waals surface area contributed by atoms with Crippen LogP contribution >= 0.6 is 135 Å². The highest BCUT2D eigenvalue weighted by atomic mass is 36.1. The average molecular weight is 520 g/mol. The third-order valence-corrected chi connectivity index (χ3v) is 13.1. The van der Waals surface area contributed by atoms with Crippen molar-refractivity contribution in [2.75, 3.05) is 0 Å². The van der Waals surface area contributed by atoms with E-state index in [0.717, 1.165) is 0 Å². The molecule has 0 N–H and O–H groups in total. The highest BCUT2D eigenvalue weighted by molar-refractivity contribution is 8.32. The van der Waals surface area contributed by atoms with Crippen LogP contribution in [0.15, 0.2) is 13.5 Å². The van der Waals surface area contributed by atoms with E-state index in [0.29, 0.717) is 0 Å². The lowest BCUT2D eigenvalue weighted by molar-refractivity contribution is 1.71. The lowest BCUT2D eigenvalue weighted by Crippen LogP contribution is -1.65. The fraction of sp³-hybridized carbons (Fsp3) is 0. The number of hydrogen-bond donors (Lipinski definition) is 0. The van der Waals surface area contributed by atoms with Gasteiger partial charge in [-0.25, -0.2) is 0 Å². The van der Waals surface area contributed by atoms with Crippen LogP contribution in [0.3, 0.4) is 0 Å². The second-order valence-electron chi connectivity index (χ2n) is 2.02. The van der Waals surface area contributed by atoms with Gasteiger partial charge in [-0.15, -0.1) is 0 Å². The molecule has 0 aromatic rings. The minimum Gasteiger partial charge on any atom is -0.0406 e. The van der Waals surface area contributed by atoms with E-state index < -0.39 is 22.4 Å². The first-order valence-electron chi connectivity index (χ1n) is 2.89. The van der Waals surface area contributed by atoms with Crippen LogP contribution in [0, 0.1) is 0 Å². The van der Waals surface area contributed by atoms with Gasteiger partial charge in [-0.3, -0.25) is 0 Å². The van der Waals surface area contributed by atoms with Gasteiger partial charge in [0.15, 0.2) is 11.2 Å². The maximum atomic E-state index is 5.93. The van der Waals surface area contributed by atoms with Crippen molar-refractivity contribution in [1.29, 1.82) is 0 Å². The van der Waals surface area contributed by atoms with E-state index in [1.165, 1.54) is 0 Å². The van der Waals surface area contributed by atoms with Gasteiger partial charge < -0.3 is 0 Å². The van der Waals surface area contributed by atoms with Crippen LogP contribution in [-0.4, -0.2) is 0 Å². The summed E-state index contributed by atoms with van der Waals surface area (Å²) in [6, 6.07) is 0. The molecule has 0 aliphatic carbocycles. The van der Waals surface area contributed by atoms with Crippen LogP contribution in [0.1, 0.15) is 0 Å². The predicted molar refractivity (Wildman–Crippen MR) is 93.5 cm³/mol. The maximum Gasteiger partial charge on any atom is 0.473 e. The SMILES string of the molecule is ClP(Cl)(Cl)=N[P+](Cl)(N=P(Cl)(Cl)Cl)N=P(Cl)(Cl)Cl. The Bertz CT molecular complexity index is 343. The first-order chi connectivity index (χ1) is 7.12. The van der Waals surface area contributed by atoms with Crippen LogP contribution in [0.2, 0.25) is 0 Å². The molecule has 0 saturated heterocycles. The molecule has 0 unspecified atom stereocenters. The van der Waals surface area contributed by atoms with E-state index in [1.54, 1.807) is 0 Å². The summed E-state index contributed by atoms with van der Waals surface area (Å²) < 4.78 is 10.8. The van der Waals surface area contributed by atoms with E-state index in [4.69, 9.17) is 112 Å². The first-order valence-corrected chi connectivity index (χ1v) is 18.8. The third kappa shape index (κ3) is 13.4. The van der Waals surface area contributed by atoms with E-state index in [2.05, 4.69) is 13.5 Å². The Balaban J connectivity index is 5.93. The second kappa shape index (κ2) is 7.53. The fourth-order valence-corrected chi connectivity index (χ4v) is 18.1. The standard InChI is InChI=1S/Cl10N3P4/c1-14(2,3)11-17(10,12-15(4,5)6)13-16(7,8)9/q+1. The summed E-state index contributed by atoms with van der Waals surface area (Å²) in [6.45, 7) is 0. The van der Waals surface area contributed by atoms with Crippen LogP contribution in [0.25, 0.3) is 0 Å². The Hall–Kier alpha value is 4.02. The zero-order chi connectivity index (χ0) is 14.1. The Labute approximate surface area is 147 Å². The molecule has 0 aliphatic heterocycles. The smallest absolute Gasteiger partial charge is 0.0406 e. The Morgan fingerprint density at radius 2 is 0.706 bits per heavy atom. The van der Waals surface area contributed by atoms with Crippen molar-refractivity contribution in [3.05, 3.63) is 0 Å². The summed E-state index contributed by atoms with van der Waals surface area (Å²) in [7, 11) is -3.53. The molecular formula is Cl10N3P4+. The fourth-order valence-electron chi connectivity index (χ4n) is 0.441. The summed E-state index contributed by atoms with van der Waals surface area (Å²) >= 11 is 55.8. The van der Waals surface area contributed by atoms with E-state index in [-0.39, 0.29) is 0 Å². The molecule has 3 nitrogen and oxygen atoms in total. The van der Waals surface area contributed by atoms with Crippen molar-refractivity contribution in [3.8, 4) is 0 Å². The van der Waals surface area contributed by atoms with Gasteiger partial charge in [-0.2, -0.15) is 0 Å². The quantitative estimate of drug-likeness (QED) is 0.332. The number of nitrogens with zero attached hydrogens (tertiary/aromatic N) is 3. The summed E-state index contributed by atoms with van der Waals surface area (Å²) in [5.41, 5.74) is 0. The summed E-state index contributed by atoms with van der Waals surface area (Å²) in [6.07, 6.45) is 0. The maximum absolute atomic E-state index is 5.93. The minimum absolute atomic E-state index is 3.25. The van der Waals surface area contributed by atoms with E-state index in [1.807, 2.05) is 0 Å². The summed E-state index contributed by atoms with van der Waals surface area (Å²) in [4.78, 5) is 0. The van der Waals surface area contributed by atoms with Gasteiger partial charge in [0.1, 0.15) is 0 Å². The van der Waals surface area contributed by atoms with Crippen molar-refractivity contribution in [3.63, 3.8) is 0 Å². The molecule has 17 heavy (non-hydrogen) atoms. The summed E-state index contributed by atoms with van der Waals surface area (Å²) in [5, 5.41) is -9.76. The normalized spacial score (nSPS) is 14.5. The van der Waals surface area contributed by atoms with Crippen LogP contribution in [-0.2, 0) is 0 Å². The van der Waals surface area contributed by atoms with Crippen LogP contribution in [0.5, 0.6) is 0 Å². The van der Waals surface area contributed by atoms with Crippen molar-refractivity contribution < 1.29 is 0 Å². The van der Waals surface area contributed by atoms with Gasteiger partial charge in [0.2, 0.25) is 0 Å². The minimum atomic E-state index is -3.53. The number of rotatable bonds is 3. The Kier molecular flexibility index (Phi) is 9.31. The zero-order valence-corrected chi connectivity index (χ0v) is 18.0. The van der Waals surface area contributed by atoms with E-state index >= 15 is 0 Å². The highest BCUT2D eigenvalue weighted by Gasteiger charge is 2.45. The average Bonchev–Trinajstić information content (AvgIpc) is 1.65. The zero-order valence-electron chi connectivity index (χ0n) is 6.91. The van der Waals surface area contributed by atoms with Gasteiger partial charge in [-0.05, 0) is 115 Å². The Morgan fingerprint density at radius 3 is 0.824 bits per heavy atom. The lowest BCUT2D eigenvalue weighted by atomic mass is 13.8. The van der Waals surface area contributed by atoms with Crippen molar-refractivity contribution >= 4 is 135 Å². The molecule has 0 amide bonds. The second-order valence-corrected chi connectivity index (χ2v) is 26.9. The largest absolute Gasteiger partial charge is 0.473 e. The lowest BCUT2D eigenvalue weighted by Gasteiger charge is -2.06. The van der Waals surface area contributed by atoms with Crippen molar-refractivity contribution in [2.24, 2.45) is 13.5 Å². The summed E-state index contributed by atoms with van der Waals surface area (Å²) in [5.74, 6) is 0. The van der Waals surface area contributed by atoms with Crippen molar-refractivity contribution in [1.82, 2.24) is 0 Å². The van der Waals surface area contributed by atoms with Gasteiger partial charge in [0.25, 0.3) is 15.3 Å². The van der Waals surface area contributed by atoms with Gasteiger partial charge in [-0.1, -0.05) is 0 Å². The molecule has 0 radical (unpaired) electrons. The molecule has 0 heterocycles. The topological polar surface area (TPSA) is 37.1 Å².